The summed E-state index contributed by atoms with van der Waals surface area (Å²) >= 11 is 0. The summed E-state index contributed by atoms with van der Waals surface area (Å²) in [5, 5.41) is 14.3. The lowest BCUT2D eigenvalue weighted by atomic mass is 10.1. The van der Waals surface area contributed by atoms with Gasteiger partial charge in [0, 0.05) is 19.7 Å². The van der Waals surface area contributed by atoms with Gasteiger partial charge in [0.1, 0.15) is 5.82 Å². The van der Waals surface area contributed by atoms with Gasteiger partial charge in [-0.15, -0.1) is 0 Å². The number of hydrogen-bond acceptors (Lipinski definition) is 2. The minimum atomic E-state index is -0.241. The Hall–Kier alpha value is -1.62. The van der Waals surface area contributed by atoms with Crippen LogP contribution in [-0.2, 0) is 6.42 Å². The van der Waals surface area contributed by atoms with Gasteiger partial charge in [-0.3, -0.25) is 0 Å². The second-order valence-corrected chi connectivity index (χ2v) is 5.08. The van der Waals surface area contributed by atoms with Crippen LogP contribution >= 0.6 is 0 Å². The van der Waals surface area contributed by atoms with Crippen LogP contribution in [0.4, 0.5) is 9.18 Å². The number of urea groups is 1. The first-order valence-electron chi connectivity index (χ1n) is 6.90. The van der Waals surface area contributed by atoms with Crippen molar-refractivity contribution in [1.82, 2.24) is 10.6 Å². The monoisotopic (exact) mass is 282 g/mol. The van der Waals surface area contributed by atoms with Crippen molar-refractivity contribution in [2.45, 2.75) is 26.7 Å². The molecule has 112 valence electrons. The Morgan fingerprint density at radius 3 is 2.80 bits per heavy atom. The van der Waals surface area contributed by atoms with E-state index in [9.17, 15) is 9.18 Å². The number of benzene rings is 1. The zero-order chi connectivity index (χ0) is 15.0. The van der Waals surface area contributed by atoms with Crippen LogP contribution in [0, 0.1) is 18.7 Å². The molecule has 0 saturated carbocycles. The number of carbonyl (C=O) groups is 1. The molecule has 0 aliphatic rings. The molecule has 4 nitrogen and oxygen atoms in total. The summed E-state index contributed by atoms with van der Waals surface area (Å²) in [6.07, 6.45) is 1.35. The summed E-state index contributed by atoms with van der Waals surface area (Å²) in [4.78, 5) is 11.5. The first-order valence-corrected chi connectivity index (χ1v) is 6.90. The molecule has 1 aromatic rings. The smallest absolute Gasteiger partial charge is 0.314 e. The summed E-state index contributed by atoms with van der Waals surface area (Å²) in [5.41, 5.74) is 1.92. The van der Waals surface area contributed by atoms with Gasteiger partial charge in [-0.25, -0.2) is 9.18 Å². The van der Waals surface area contributed by atoms with Crippen LogP contribution < -0.4 is 10.6 Å². The number of aryl methyl sites for hydroxylation is 1. The van der Waals surface area contributed by atoms with Gasteiger partial charge in [-0.05, 0) is 48.9 Å². The maximum atomic E-state index is 12.9. The standard InChI is InChI=1S/C15H23FN2O2/c1-11(6-8-19)10-18-15(20)17-7-5-13-3-4-14(16)9-12(13)2/h3-4,9,11,19H,5-8,10H2,1-2H3,(H2,17,18,20). The van der Waals surface area contributed by atoms with Gasteiger partial charge in [0.15, 0.2) is 0 Å². The van der Waals surface area contributed by atoms with Crippen molar-refractivity contribution in [1.29, 1.82) is 0 Å². The average Bonchev–Trinajstić information content (AvgIpc) is 2.39. The van der Waals surface area contributed by atoms with Crippen LogP contribution in [0.25, 0.3) is 0 Å². The van der Waals surface area contributed by atoms with E-state index in [1.165, 1.54) is 12.1 Å². The van der Waals surface area contributed by atoms with E-state index >= 15 is 0 Å². The van der Waals surface area contributed by atoms with Gasteiger partial charge in [0.2, 0.25) is 0 Å². The maximum Gasteiger partial charge on any atom is 0.314 e. The van der Waals surface area contributed by atoms with Crippen LogP contribution in [0.3, 0.4) is 0 Å². The van der Waals surface area contributed by atoms with Crippen LogP contribution in [-0.4, -0.2) is 30.8 Å². The molecular weight excluding hydrogens is 259 g/mol. The highest BCUT2D eigenvalue weighted by atomic mass is 19.1. The topological polar surface area (TPSA) is 61.4 Å². The lowest BCUT2D eigenvalue weighted by Crippen LogP contribution is -2.38. The highest BCUT2D eigenvalue weighted by Crippen LogP contribution is 2.10. The first kappa shape index (κ1) is 16.4. The molecule has 0 aliphatic heterocycles. The molecule has 0 spiro atoms. The predicted molar refractivity (Wildman–Crippen MR) is 77.1 cm³/mol. The molecule has 1 atom stereocenters. The number of hydrogen-bond donors (Lipinski definition) is 3. The number of rotatable bonds is 7. The highest BCUT2D eigenvalue weighted by Gasteiger charge is 2.05. The van der Waals surface area contributed by atoms with E-state index in [2.05, 4.69) is 10.6 Å². The van der Waals surface area contributed by atoms with Crippen molar-refractivity contribution in [3.63, 3.8) is 0 Å². The average molecular weight is 282 g/mol. The molecule has 0 bridgehead atoms. The lowest BCUT2D eigenvalue weighted by molar-refractivity contribution is 0.234. The van der Waals surface area contributed by atoms with Gasteiger partial charge in [0.25, 0.3) is 0 Å². The van der Waals surface area contributed by atoms with Crippen molar-refractivity contribution in [2.75, 3.05) is 19.7 Å². The number of carbonyl (C=O) groups excluding carboxylic acids is 1. The number of halogens is 1. The Bertz CT molecular complexity index is 438. The SMILES string of the molecule is Cc1cc(F)ccc1CCNC(=O)NCC(C)CCO. The van der Waals surface area contributed by atoms with E-state index in [1.807, 2.05) is 13.8 Å². The third-order valence-corrected chi connectivity index (χ3v) is 3.22. The zero-order valence-corrected chi connectivity index (χ0v) is 12.1. The molecule has 20 heavy (non-hydrogen) atoms. The third-order valence-electron chi connectivity index (χ3n) is 3.22. The largest absolute Gasteiger partial charge is 0.396 e. The van der Waals surface area contributed by atoms with Gasteiger partial charge >= 0.3 is 6.03 Å². The lowest BCUT2D eigenvalue weighted by Gasteiger charge is -2.12. The number of amides is 2. The minimum Gasteiger partial charge on any atom is -0.396 e. The van der Waals surface area contributed by atoms with Crippen molar-refractivity contribution >= 4 is 6.03 Å². The van der Waals surface area contributed by atoms with Gasteiger partial charge in [-0.1, -0.05) is 13.0 Å². The van der Waals surface area contributed by atoms with Gasteiger partial charge in [-0.2, -0.15) is 0 Å². The van der Waals surface area contributed by atoms with E-state index < -0.39 is 0 Å². The van der Waals surface area contributed by atoms with E-state index in [-0.39, 0.29) is 24.4 Å². The van der Waals surface area contributed by atoms with Crippen LogP contribution in [0.2, 0.25) is 0 Å². The summed E-state index contributed by atoms with van der Waals surface area (Å²) in [5.74, 6) is 0.0138. The first-order chi connectivity index (χ1) is 9.52. The molecule has 0 aromatic heterocycles. The Labute approximate surface area is 119 Å². The van der Waals surface area contributed by atoms with E-state index in [1.54, 1.807) is 6.07 Å². The van der Waals surface area contributed by atoms with Crippen LogP contribution in [0.1, 0.15) is 24.5 Å². The molecule has 5 heteroatoms. The third kappa shape index (κ3) is 6.02. The highest BCUT2D eigenvalue weighted by molar-refractivity contribution is 5.73. The summed E-state index contributed by atoms with van der Waals surface area (Å²) in [6.45, 7) is 5.01. The molecule has 1 aromatic carbocycles. The second kappa shape index (κ2) is 8.53. The molecule has 0 saturated heterocycles. The normalized spacial score (nSPS) is 12.0. The number of aliphatic hydroxyl groups excluding tert-OH is 1. The van der Waals surface area contributed by atoms with E-state index in [0.717, 1.165) is 11.1 Å². The summed E-state index contributed by atoms with van der Waals surface area (Å²) < 4.78 is 12.9. The Kier molecular flexibility index (Phi) is 7.01. The molecule has 1 unspecified atom stereocenters. The zero-order valence-electron chi connectivity index (χ0n) is 12.1. The van der Waals surface area contributed by atoms with Crippen LogP contribution in [0.5, 0.6) is 0 Å². The molecule has 0 fully saturated rings. The fourth-order valence-electron chi connectivity index (χ4n) is 1.90. The molecule has 3 N–H and O–H groups in total. The van der Waals surface area contributed by atoms with E-state index in [0.29, 0.717) is 25.9 Å². The van der Waals surface area contributed by atoms with Crippen molar-refractivity contribution in [2.24, 2.45) is 5.92 Å². The molecule has 2 amide bonds. The molecule has 0 radical (unpaired) electrons. The fraction of sp³-hybridized carbons (Fsp3) is 0.533. The molecular formula is C15H23FN2O2. The Morgan fingerprint density at radius 1 is 1.40 bits per heavy atom. The predicted octanol–water partition coefficient (Wildman–Crippen LogP) is 1.99. The van der Waals surface area contributed by atoms with Crippen LogP contribution in [0.15, 0.2) is 18.2 Å². The molecule has 1 rings (SSSR count). The Morgan fingerprint density at radius 2 is 2.15 bits per heavy atom. The molecule has 0 heterocycles. The van der Waals surface area contributed by atoms with Crippen molar-refractivity contribution in [3.8, 4) is 0 Å². The number of aliphatic hydroxyl groups is 1. The summed E-state index contributed by atoms with van der Waals surface area (Å²) in [7, 11) is 0. The van der Waals surface area contributed by atoms with E-state index in [4.69, 9.17) is 5.11 Å². The van der Waals surface area contributed by atoms with Gasteiger partial charge in [0.05, 0.1) is 0 Å². The maximum absolute atomic E-state index is 12.9. The number of nitrogens with one attached hydrogen (secondary N) is 2. The minimum absolute atomic E-state index is 0.133. The van der Waals surface area contributed by atoms with Crippen molar-refractivity contribution in [3.05, 3.63) is 35.1 Å². The summed E-state index contributed by atoms with van der Waals surface area (Å²) in [6, 6.07) is 4.45. The molecule has 0 aliphatic carbocycles. The van der Waals surface area contributed by atoms with Crippen molar-refractivity contribution < 1.29 is 14.3 Å². The fourth-order valence-corrected chi connectivity index (χ4v) is 1.90. The van der Waals surface area contributed by atoms with Gasteiger partial charge < -0.3 is 15.7 Å². The Balaban J connectivity index is 2.24. The quantitative estimate of drug-likeness (QED) is 0.716. The second-order valence-electron chi connectivity index (χ2n) is 5.08.